The van der Waals surface area contributed by atoms with E-state index in [1.807, 2.05) is 30.0 Å². The van der Waals surface area contributed by atoms with E-state index in [4.69, 9.17) is 4.52 Å². The number of aryl methyl sites for hydroxylation is 1. The van der Waals surface area contributed by atoms with Gasteiger partial charge in [0.05, 0.1) is 11.2 Å². The summed E-state index contributed by atoms with van der Waals surface area (Å²) in [6.45, 7) is 3.08. The first-order valence-corrected chi connectivity index (χ1v) is 8.62. The number of benzene rings is 1. The Balaban J connectivity index is 1.66. The molecule has 2 atom stereocenters. The molecular weight excluding hydrogens is 324 g/mol. The Bertz CT molecular complexity index is 831. The molecular formula is C17H16N4O2S. The van der Waals surface area contributed by atoms with E-state index in [2.05, 4.69) is 27.3 Å². The molecule has 1 saturated heterocycles. The molecule has 0 spiro atoms. The highest BCUT2D eigenvalue weighted by Crippen LogP contribution is 2.39. The van der Waals surface area contributed by atoms with Gasteiger partial charge in [-0.2, -0.15) is 4.98 Å². The Kier molecular flexibility index (Phi) is 3.86. The molecule has 1 aliphatic heterocycles. The van der Waals surface area contributed by atoms with E-state index in [-0.39, 0.29) is 17.7 Å². The molecule has 3 heterocycles. The minimum Gasteiger partial charge on any atom is -0.343 e. The van der Waals surface area contributed by atoms with Crippen molar-refractivity contribution in [1.29, 1.82) is 0 Å². The van der Waals surface area contributed by atoms with Gasteiger partial charge in [-0.3, -0.25) is 4.79 Å². The van der Waals surface area contributed by atoms with Crippen molar-refractivity contribution in [3.63, 3.8) is 0 Å². The lowest BCUT2D eigenvalue weighted by molar-refractivity contribution is 0.0792. The van der Waals surface area contributed by atoms with Gasteiger partial charge >= 0.3 is 0 Å². The van der Waals surface area contributed by atoms with Gasteiger partial charge in [-0.25, -0.2) is 4.98 Å². The van der Waals surface area contributed by atoms with Crippen LogP contribution >= 0.6 is 11.3 Å². The molecule has 0 N–H and O–H groups in total. The molecule has 3 aromatic rings. The molecule has 24 heavy (non-hydrogen) atoms. The Hall–Kier alpha value is -2.54. The molecule has 7 heteroatoms. The van der Waals surface area contributed by atoms with Crippen molar-refractivity contribution in [2.45, 2.75) is 18.8 Å². The molecule has 1 aliphatic rings. The predicted molar refractivity (Wildman–Crippen MR) is 89.0 cm³/mol. The van der Waals surface area contributed by atoms with Gasteiger partial charge in [-0.15, -0.1) is 11.3 Å². The molecule has 0 bridgehead atoms. The highest BCUT2D eigenvalue weighted by Gasteiger charge is 2.40. The summed E-state index contributed by atoms with van der Waals surface area (Å²) in [5, 5.41) is 4.01. The van der Waals surface area contributed by atoms with Crippen molar-refractivity contribution >= 4 is 17.2 Å². The van der Waals surface area contributed by atoms with Gasteiger partial charge in [0.15, 0.2) is 5.82 Å². The summed E-state index contributed by atoms with van der Waals surface area (Å²) >= 11 is 1.39. The largest absolute Gasteiger partial charge is 0.343 e. The van der Waals surface area contributed by atoms with E-state index in [1.165, 1.54) is 23.3 Å². The lowest BCUT2D eigenvalue weighted by Crippen LogP contribution is -2.28. The second-order valence-corrected chi connectivity index (χ2v) is 6.74. The summed E-state index contributed by atoms with van der Waals surface area (Å²) in [6.07, 6.45) is 1.34. The van der Waals surface area contributed by atoms with Crippen LogP contribution in [0.3, 0.4) is 0 Å². The third-order valence-electron chi connectivity index (χ3n) is 4.48. The maximum Gasteiger partial charge on any atom is 0.265 e. The van der Waals surface area contributed by atoms with E-state index < -0.39 is 0 Å². The summed E-state index contributed by atoms with van der Waals surface area (Å²) in [4.78, 5) is 23.8. The molecule has 0 unspecified atom stereocenters. The second-order valence-electron chi connectivity index (χ2n) is 5.89. The monoisotopic (exact) mass is 340 g/mol. The fourth-order valence-electron chi connectivity index (χ4n) is 3.26. The van der Waals surface area contributed by atoms with Crippen LogP contribution in [0.15, 0.2) is 46.8 Å². The summed E-state index contributed by atoms with van der Waals surface area (Å²) in [6, 6.07) is 10.2. The highest BCUT2D eigenvalue weighted by molar-refractivity contribution is 7.11. The van der Waals surface area contributed by atoms with Crippen molar-refractivity contribution in [1.82, 2.24) is 20.0 Å². The summed E-state index contributed by atoms with van der Waals surface area (Å²) in [7, 11) is 0. The van der Waals surface area contributed by atoms with Crippen LogP contribution in [-0.2, 0) is 0 Å². The number of carbonyl (C=O) groups excluding carboxylic acids is 1. The van der Waals surface area contributed by atoms with E-state index in [9.17, 15) is 4.79 Å². The molecule has 0 saturated carbocycles. The molecule has 122 valence electrons. The first-order chi connectivity index (χ1) is 11.7. The number of rotatable bonds is 3. The molecule has 1 aromatic carbocycles. The van der Waals surface area contributed by atoms with E-state index in [1.54, 1.807) is 5.51 Å². The van der Waals surface area contributed by atoms with Crippen LogP contribution in [0.4, 0.5) is 0 Å². The van der Waals surface area contributed by atoms with Crippen LogP contribution in [0.2, 0.25) is 0 Å². The number of likely N-dealkylation sites (tertiary alicyclic amines) is 1. The lowest BCUT2D eigenvalue weighted by Gasteiger charge is -2.16. The van der Waals surface area contributed by atoms with Gasteiger partial charge in [-0.05, 0) is 12.5 Å². The van der Waals surface area contributed by atoms with Gasteiger partial charge in [-0.1, -0.05) is 35.5 Å². The zero-order valence-electron chi connectivity index (χ0n) is 13.1. The van der Waals surface area contributed by atoms with Gasteiger partial charge in [0.1, 0.15) is 4.88 Å². The number of amides is 1. The van der Waals surface area contributed by atoms with Crippen molar-refractivity contribution in [2.75, 3.05) is 13.1 Å². The zero-order valence-corrected chi connectivity index (χ0v) is 13.9. The maximum absolute atomic E-state index is 12.9. The molecule has 0 aliphatic carbocycles. The molecule has 4 rings (SSSR count). The SMILES string of the molecule is Cc1ncsc1C(=O)N1C[C@@H](c2ccccc2)[C@H](c2ncon2)C1. The fourth-order valence-corrected chi connectivity index (χ4v) is 4.03. The van der Waals surface area contributed by atoms with Gasteiger partial charge in [0.25, 0.3) is 5.91 Å². The number of nitrogens with zero attached hydrogens (tertiary/aromatic N) is 4. The number of aromatic nitrogens is 3. The fraction of sp³-hybridized carbons (Fsp3) is 0.294. The second kappa shape index (κ2) is 6.16. The van der Waals surface area contributed by atoms with Crippen molar-refractivity contribution in [2.24, 2.45) is 0 Å². The quantitative estimate of drug-likeness (QED) is 0.733. The average Bonchev–Trinajstić information content (AvgIpc) is 3.35. The minimum atomic E-state index is 0.0296. The van der Waals surface area contributed by atoms with Crippen LogP contribution in [-0.4, -0.2) is 39.0 Å². The van der Waals surface area contributed by atoms with Crippen molar-refractivity contribution in [3.05, 3.63) is 64.2 Å². The van der Waals surface area contributed by atoms with Crippen LogP contribution < -0.4 is 0 Å². The highest BCUT2D eigenvalue weighted by atomic mass is 32.1. The number of hydrogen-bond acceptors (Lipinski definition) is 6. The summed E-state index contributed by atoms with van der Waals surface area (Å²) in [5.41, 5.74) is 3.68. The average molecular weight is 340 g/mol. The smallest absolute Gasteiger partial charge is 0.265 e. The van der Waals surface area contributed by atoms with Crippen LogP contribution in [0.25, 0.3) is 0 Å². The Labute approximate surface area is 143 Å². The standard InChI is InChI=1S/C17H16N4O2S/c1-11-15(24-10-19-11)17(22)21-7-13(12-5-3-2-4-6-12)14(8-21)16-18-9-23-20-16/h2-6,9-10,13-14H,7-8H2,1H3/t13-,14+/m0/s1. The first-order valence-electron chi connectivity index (χ1n) is 7.74. The van der Waals surface area contributed by atoms with E-state index >= 15 is 0 Å². The topological polar surface area (TPSA) is 72.1 Å². The van der Waals surface area contributed by atoms with Gasteiger partial charge in [0, 0.05) is 24.9 Å². The van der Waals surface area contributed by atoms with Crippen LogP contribution in [0.5, 0.6) is 0 Å². The summed E-state index contributed by atoms with van der Waals surface area (Å²) < 4.78 is 4.93. The van der Waals surface area contributed by atoms with Crippen molar-refractivity contribution < 1.29 is 9.32 Å². The van der Waals surface area contributed by atoms with Crippen molar-refractivity contribution in [3.8, 4) is 0 Å². The summed E-state index contributed by atoms with van der Waals surface area (Å²) in [5.74, 6) is 0.867. The van der Waals surface area contributed by atoms with E-state index in [0.29, 0.717) is 23.8 Å². The maximum atomic E-state index is 12.9. The zero-order chi connectivity index (χ0) is 16.5. The third kappa shape index (κ3) is 2.60. The van der Waals surface area contributed by atoms with Gasteiger partial charge < -0.3 is 9.42 Å². The van der Waals surface area contributed by atoms with E-state index in [0.717, 1.165) is 5.69 Å². The van der Waals surface area contributed by atoms with Gasteiger partial charge in [0.2, 0.25) is 6.39 Å². The van der Waals surface area contributed by atoms with Crippen LogP contribution in [0.1, 0.15) is 38.6 Å². The molecule has 0 radical (unpaired) electrons. The Morgan fingerprint density at radius 2 is 2.00 bits per heavy atom. The number of carbonyl (C=O) groups is 1. The normalized spacial score (nSPS) is 20.5. The van der Waals surface area contributed by atoms with Crippen LogP contribution in [0, 0.1) is 6.92 Å². The Morgan fingerprint density at radius 1 is 1.21 bits per heavy atom. The third-order valence-corrected chi connectivity index (χ3v) is 5.40. The minimum absolute atomic E-state index is 0.0296. The molecule has 1 amide bonds. The molecule has 2 aromatic heterocycles. The molecule has 1 fully saturated rings. The first kappa shape index (κ1) is 15.0. The number of hydrogen-bond donors (Lipinski definition) is 0. The molecule has 6 nitrogen and oxygen atoms in total. The number of thiazole rings is 1. The lowest BCUT2D eigenvalue weighted by atomic mass is 9.88. The predicted octanol–water partition coefficient (Wildman–Crippen LogP) is 2.86. The Morgan fingerprint density at radius 3 is 2.67 bits per heavy atom.